The second-order valence-electron chi connectivity index (χ2n) is 11.7. The third-order valence-electron chi connectivity index (χ3n) is 7.44. The molecule has 49 heavy (non-hydrogen) atoms. The maximum absolute atomic E-state index is 12.5. The van der Waals surface area contributed by atoms with Crippen LogP contribution in [0.25, 0.3) is 0 Å². The lowest BCUT2D eigenvalue weighted by atomic mass is 9.91. The standard InChI is InChI=1S/C31H44O18/c1-14(32)39-12-23-27(28(44-18(5)36)25(42-16(3)34)22(47-23)10-8-9-21-11-41-21)49-31-30(46-20(7)38)29(45-19(6)37)26(43-17(4)35)24(48-31)13-40-15(2)33/h21-31H,8-13H2,1-7H3/t21?,22-,23+,24+,25-,26+,27+,28+,29-,30+,31-/m0/s1. The molecule has 0 aliphatic carbocycles. The van der Waals surface area contributed by atoms with E-state index in [0.29, 0.717) is 25.9 Å². The lowest BCUT2D eigenvalue weighted by molar-refractivity contribution is -0.345. The van der Waals surface area contributed by atoms with Crippen molar-refractivity contribution in [3.63, 3.8) is 0 Å². The molecule has 0 aromatic heterocycles. The molecule has 276 valence electrons. The van der Waals surface area contributed by atoms with E-state index >= 15 is 0 Å². The predicted octanol–water partition coefficient (Wildman–Crippen LogP) is 0.218. The number of hydrogen-bond donors (Lipinski definition) is 0. The van der Waals surface area contributed by atoms with Crippen LogP contribution in [0, 0.1) is 0 Å². The van der Waals surface area contributed by atoms with Crippen LogP contribution in [-0.4, -0.2) is 129 Å². The van der Waals surface area contributed by atoms with Gasteiger partial charge in [0.1, 0.15) is 31.5 Å². The van der Waals surface area contributed by atoms with Crippen molar-refractivity contribution < 1.29 is 85.7 Å². The summed E-state index contributed by atoms with van der Waals surface area (Å²) in [5.41, 5.74) is 0. The minimum atomic E-state index is -1.73. The van der Waals surface area contributed by atoms with Crippen LogP contribution < -0.4 is 0 Å². The Hall–Kier alpha value is -3.87. The lowest BCUT2D eigenvalue weighted by Crippen LogP contribution is -2.67. The van der Waals surface area contributed by atoms with Crippen molar-refractivity contribution in [1.82, 2.24) is 0 Å². The summed E-state index contributed by atoms with van der Waals surface area (Å²) in [6, 6.07) is 0. The Kier molecular flexibility index (Phi) is 14.7. The van der Waals surface area contributed by atoms with Gasteiger partial charge in [0.25, 0.3) is 0 Å². The molecular formula is C31H44O18. The van der Waals surface area contributed by atoms with Gasteiger partial charge in [0.15, 0.2) is 36.8 Å². The number of epoxide rings is 1. The van der Waals surface area contributed by atoms with Crippen LogP contribution in [0.1, 0.15) is 67.7 Å². The van der Waals surface area contributed by atoms with Crippen molar-refractivity contribution in [3.8, 4) is 0 Å². The molecule has 0 spiro atoms. The average Bonchev–Trinajstić information content (AvgIpc) is 3.80. The molecule has 0 saturated carbocycles. The molecule has 0 aromatic rings. The number of carbonyl (C=O) groups is 7. The third-order valence-corrected chi connectivity index (χ3v) is 7.44. The van der Waals surface area contributed by atoms with Gasteiger partial charge in [-0.2, -0.15) is 0 Å². The maximum Gasteiger partial charge on any atom is 0.303 e. The van der Waals surface area contributed by atoms with E-state index in [0.717, 1.165) is 48.5 Å². The molecule has 18 heteroatoms. The molecule has 3 rings (SSSR count). The minimum Gasteiger partial charge on any atom is -0.463 e. The van der Waals surface area contributed by atoms with Gasteiger partial charge >= 0.3 is 41.8 Å². The molecule has 0 amide bonds. The summed E-state index contributed by atoms with van der Waals surface area (Å²) >= 11 is 0. The summed E-state index contributed by atoms with van der Waals surface area (Å²) in [6.45, 7) is 7.39. The Labute approximate surface area is 282 Å². The molecule has 3 saturated heterocycles. The van der Waals surface area contributed by atoms with Crippen molar-refractivity contribution >= 4 is 41.8 Å². The topological polar surface area (TPSA) is 224 Å². The van der Waals surface area contributed by atoms with Crippen molar-refractivity contribution in [1.29, 1.82) is 0 Å². The van der Waals surface area contributed by atoms with Crippen molar-refractivity contribution in [2.75, 3.05) is 19.8 Å². The van der Waals surface area contributed by atoms with Crippen LogP contribution >= 0.6 is 0 Å². The minimum absolute atomic E-state index is 0.0931. The quantitative estimate of drug-likeness (QED) is 0.126. The number of hydrogen-bond acceptors (Lipinski definition) is 18. The molecule has 11 atom stereocenters. The van der Waals surface area contributed by atoms with Crippen molar-refractivity contribution in [3.05, 3.63) is 0 Å². The van der Waals surface area contributed by atoms with Gasteiger partial charge in [0.05, 0.1) is 18.8 Å². The summed E-state index contributed by atoms with van der Waals surface area (Å²) in [7, 11) is 0. The van der Waals surface area contributed by atoms with Gasteiger partial charge in [-0.05, 0) is 19.3 Å². The summed E-state index contributed by atoms with van der Waals surface area (Å²) in [6.07, 6.45) is -12.3. The molecule has 0 bridgehead atoms. The first-order valence-electron chi connectivity index (χ1n) is 15.8. The smallest absolute Gasteiger partial charge is 0.303 e. The first-order chi connectivity index (χ1) is 23.0. The highest BCUT2D eigenvalue weighted by Gasteiger charge is 2.57. The number of esters is 7. The normalized spacial score (nSPS) is 32.1. The molecule has 18 nitrogen and oxygen atoms in total. The van der Waals surface area contributed by atoms with E-state index in [1.807, 2.05) is 0 Å². The Morgan fingerprint density at radius 3 is 1.35 bits per heavy atom. The van der Waals surface area contributed by atoms with E-state index in [1.165, 1.54) is 0 Å². The fraction of sp³-hybridized carbons (Fsp3) is 0.774. The van der Waals surface area contributed by atoms with Crippen LogP contribution in [-0.2, 0) is 85.7 Å². The summed E-state index contributed by atoms with van der Waals surface area (Å²) in [5, 5.41) is 0. The largest absolute Gasteiger partial charge is 0.463 e. The Morgan fingerprint density at radius 1 is 0.490 bits per heavy atom. The van der Waals surface area contributed by atoms with Gasteiger partial charge in [0, 0.05) is 48.5 Å². The van der Waals surface area contributed by atoms with Gasteiger partial charge in [-0.15, -0.1) is 0 Å². The van der Waals surface area contributed by atoms with Crippen molar-refractivity contribution in [2.24, 2.45) is 0 Å². The van der Waals surface area contributed by atoms with E-state index in [1.54, 1.807) is 0 Å². The Morgan fingerprint density at radius 2 is 0.898 bits per heavy atom. The van der Waals surface area contributed by atoms with E-state index in [-0.39, 0.29) is 6.10 Å². The first kappa shape index (κ1) is 39.6. The van der Waals surface area contributed by atoms with Gasteiger partial charge in [0.2, 0.25) is 0 Å². The van der Waals surface area contributed by atoms with Gasteiger partial charge in [-0.3, -0.25) is 33.6 Å². The zero-order chi connectivity index (χ0) is 36.4. The lowest BCUT2D eigenvalue weighted by Gasteiger charge is -2.49. The van der Waals surface area contributed by atoms with Gasteiger partial charge in [-0.25, -0.2) is 0 Å². The predicted molar refractivity (Wildman–Crippen MR) is 157 cm³/mol. The zero-order valence-corrected chi connectivity index (χ0v) is 28.4. The van der Waals surface area contributed by atoms with Crippen LogP contribution in [0.3, 0.4) is 0 Å². The molecule has 0 radical (unpaired) electrons. The highest BCUT2D eigenvalue weighted by molar-refractivity contribution is 5.69. The first-order valence-corrected chi connectivity index (χ1v) is 15.8. The molecule has 3 heterocycles. The SMILES string of the molecule is CC(=O)OC[C@H]1O[C@@H](CCCC2CO2)[C@H](OC(C)=O)[C@@H](OC(C)=O)[C@@H]1O[C@@H]1O[C@H](COC(C)=O)[C@@H](OC(C)=O)[C@H](OC(C)=O)[C@H]1OC(C)=O. The molecule has 3 aliphatic heterocycles. The Bertz CT molecular complexity index is 1210. The van der Waals surface area contributed by atoms with Gasteiger partial charge in [-0.1, -0.05) is 0 Å². The van der Waals surface area contributed by atoms with Crippen LogP contribution in [0.2, 0.25) is 0 Å². The number of rotatable bonds is 15. The van der Waals surface area contributed by atoms with E-state index in [2.05, 4.69) is 0 Å². The molecule has 3 aliphatic rings. The summed E-state index contributed by atoms with van der Waals surface area (Å²) in [4.78, 5) is 85.2. The van der Waals surface area contributed by atoms with E-state index in [9.17, 15) is 33.6 Å². The summed E-state index contributed by atoms with van der Waals surface area (Å²) < 4.78 is 62.0. The molecule has 3 fully saturated rings. The average molecular weight is 705 g/mol. The highest BCUT2D eigenvalue weighted by atomic mass is 16.8. The molecular weight excluding hydrogens is 660 g/mol. The highest BCUT2D eigenvalue weighted by Crippen LogP contribution is 2.36. The van der Waals surface area contributed by atoms with E-state index in [4.69, 9.17) is 52.1 Å². The zero-order valence-electron chi connectivity index (χ0n) is 28.4. The fourth-order valence-corrected chi connectivity index (χ4v) is 5.62. The molecule has 1 unspecified atom stereocenters. The number of carbonyl (C=O) groups excluding carboxylic acids is 7. The van der Waals surface area contributed by atoms with Gasteiger partial charge < -0.3 is 52.1 Å². The summed E-state index contributed by atoms with van der Waals surface area (Å²) in [5.74, 6) is -5.52. The Balaban J connectivity index is 2.10. The van der Waals surface area contributed by atoms with Crippen LogP contribution in [0.4, 0.5) is 0 Å². The maximum atomic E-state index is 12.5. The van der Waals surface area contributed by atoms with Crippen LogP contribution in [0.15, 0.2) is 0 Å². The third kappa shape index (κ3) is 12.5. The fourth-order valence-electron chi connectivity index (χ4n) is 5.62. The van der Waals surface area contributed by atoms with Crippen molar-refractivity contribution in [2.45, 2.75) is 135 Å². The monoisotopic (exact) mass is 704 g/mol. The molecule has 0 N–H and O–H groups in total. The van der Waals surface area contributed by atoms with Crippen LogP contribution in [0.5, 0.6) is 0 Å². The second kappa shape index (κ2) is 18.2. The van der Waals surface area contributed by atoms with E-state index < -0.39 is 116 Å². The molecule has 0 aromatic carbocycles. The number of ether oxygens (including phenoxy) is 11. The second-order valence-corrected chi connectivity index (χ2v) is 11.7.